The minimum absolute atomic E-state index is 0.726. The average molecular weight is 169 g/mol. The van der Waals surface area contributed by atoms with E-state index in [0.29, 0.717) is 0 Å². The standard InChI is InChI=1S/C11H23N/c1-8(2)11-6-7-12(9(3)4)10(11)5/h8-11H,6-7H2,1-5H3/t10-,11+/m0/s1. The number of hydrogen-bond donors (Lipinski definition) is 0. The zero-order valence-corrected chi connectivity index (χ0v) is 9.17. The summed E-state index contributed by atoms with van der Waals surface area (Å²) in [6.45, 7) is 13.0. The second-order valence-electron chi connectivity index (χ2n) is 4.77. The summed E-state index contributed by atoms with van der Waals surface area (Å²) in [6, 6.07) is 1.52. The molecule has 1 aliphatic heterocycles. The number of nitrogens with zero attached hydrogens (tertiary/aromatic N) is 1. The Bertz CT molecular complexity index is 124. The smallest absolute Gasteiger partial charge is 0.0101 e. The fourth-order valence-corrected chi connectivity index (χ4v) is 2.61. The molecular weight excluding hydrogens is 146 g/mol. The van der Waals surface area contributed by atoms with Crippen molar-refractivity contribution in [3.8, 4) is 0 Å². The first-order valence-corrected chi connectivity index (χ1v) is 5.29. The Labute approximate surface area is 77.1 Å². The van der Waals surface area contributed by atoms with Crippen molar-refractivity contribution < 1.29 is 0 Å². The lowest BCUT2D eigenvalue weighted by Gasteiger charge is -2.29. The lowest BCUT2D eigenvalue weighted by molar-refractivity contribution is 0.179. The van der Waals surface area contributed by atoms with Crippen molar-refractivity contribution in [2.24, 2.45) is 11.8 Å². The Morgan fingerprint density at radius 2 is 1.75 bits per heavy atom. The van der Waals surface area contributed by atoms with Gasteiger partial charge in [0.15, 0.2) is 0 Å². The lowest BCUT2D eigenvalue weighted by atomic mass is 9.89. The van der Waals surface area contributed by atoms with Gasteiger partial charge in [-0.2, -0.15) is 0 Å². The molecular formula is C11H23N. The maximum atomic E-state index is 2.63. The van der Waals surface area contributed by atoms with E-state index in [0.717, 1.165) is 23.9 Å². The molecule has 0 aromatic heterocycles. The van der Waals surface area contributed by atoms with Crippen LogP contribution < -0.4 is 0 Å². The summed E-state index contributed by atoms with van der Waals surface area (Å²) < 4.78 is 0. The fourth-order valence-electron chi connectivity index (χ4n) is 2.61. The highest BCUT2D eigenvalue weighted by Gasteiger charge is 2.33. The van der Waals surface area contributed by atoms with E-state index >= 15 is 0 Å². The molecule has 72 valence electrons. The highest BCUT2D eigenvalue weighted by atomic mass is 15.2. The molecule has 0 unspecified atom stereocenters. The SMILES string of the molecule is CC(C)[C@H]1CCN(C(C)C)[C@H]1C. The summed E-state index contributed by atoms with van der Waals surface area (Å²) in [7, 11) is 0. The van der Waals surface area contributed by atoms with Crippen molar-refractivity contribution in [3.63, 3.8) is 0 Å². The molecule has 1 saturated heterocycles. The molecule has 0 aliphatic carbocycles. The molecule has 1 fully saturated rings. The van der Waals surface area contributed by atoms with E-state index in [-0.39, 0.29) is 0 Å². The molecule has 0 aromatic rings. The third-order valence-corrected chi connectivity index (χ3v) is 3.38. The Morgan fingerprint density at radius 3 is 2.00 bits per heavy atom. The number of hydrogen-bond acceptors (Lipinski definition) is 1. The molecule has 12 heavy (non-hydrogen) atoms. The van der Waals surface area contributed by atoms with Crippen LogP contribution in [0.25, 0.3) is 0 Å². The largest absolute Gasteiger partial charge is 0.298 e. The number of rotatable bonds is 2. The molecule has 2 atom stereocenters. The molecule has 0 aromatic carbocycles. The van der Waals surface area contributed by atoms with Gasteiger partial charge in [0, 0.05) is 12.1 Å². The Hall–Kier alpha value is -0.0400. The summed E-state index contributed by atoms with van der Waals surface area (Å²) in [6.07, 6.45) is 1.40. The normalized spacial score (nSPS) is 32.2. The molecule has 0 amide bonds. The van der Waals surface area contributed by atoms with Gasteiger partial charge in [-0.15, -0.1) is 0 Å². The van der Waals surface area contributed by atoms with Gasteiger partial charge in [-0.1, -0.05) is 13.8 Å². The highest BCUT2D eigenvalue weighted by molar-refractivity contribution is 4.86. The van der Waals surface area contributed by atoms with Crippen LogP contribution in [0, 0.1) is 11.8 Å². The molecule has 1 heterocycles. The molecule has 0 N–H and O–H groups in total. The second-order valence-corrected chi connectivity index (χ2v) is 4.77. The summed E-state index contributed by atoms with van der Waals surface area (Å²) in [5, 5.41) is 0. The molecule has 0 bridgehead atoms. The molecule has 0 spiro atoms. The van der Waals surface area contributed by atoms with Crippen LogP contribution in [0.15, 0.2) is 0 Å². The van der Waals surface area contributed by atoms with Gasteiger partial charge < -0.3 is 0 Å². The van der Waals surface area contributed by atoms with Crippen molar-refractivity contribution in [1.82, 2.24) is 4.90 Å². The first-order valence-electron chi connectivity index (χ1n) is 5.29. The van der Waals surface area contributed by atoms with E-state index in [9.17, 15) is 0 Å². The Morgan fingerprint density at radius 1 is 1.17 bits per heavy atom. The first kappa shape index (κ1) is 10.0. The van der Waals surface area contributed by atoms with Crippen LogP contribution in [-0.2, 0) is 0 Å². The van der Waals surface area contributed by atoms with E-state index in [2.05, 4.69) is 39.5 Å². The van der Waals surface area contributed by atoms with Crippen LogP contribution in [0.5, 0.6) is 0 Å². The summed E-state index contributed by atoms with van der Waals surface area (Å²) in [5.74, 6) is 1.77. The minimum atomic E-state index is 0.726. The predicted octanol–water partition coefficient (Wildman–Crippen LogP) is 2.76. The van der Waals surface area contributed by atoms with Gasteiger partial charge in [0.1, 0.15) is 0 Å². The van der Waals surface area contributed by atoms with Gasteiger partial charge in [-0.05, 0) is 45.6 Å². The molecule has 1 rings (SSSR count). The molecule has 1 heteroatoms. The van der Waals surface area contributed by atoms with Crippen LogP contribution >= 0.6 is 0 Å². The van der Waals surface area contributed by atoms with Gasteiger partial charge in [0.2, 0.25) is 0 Å². The summed E-state index contributed by atoms with van der Waals surface area (Å²) in [4.78, 5) is 2.63. The van der Waals surface area contributed by atoms with Gasteiger partial charge in [-0.3, -0.25) is 4.90 Å². The molecule has 1 aliphatic rings. The quantitative estimate of drug-likeness (QED) is 0.614. The first-order chi connectivity index (χ1) is 5.54. The monoisotopic (exact) mass is 169 g/mol. The van der Waals surface area contributed by atoms with Crippen LogP contribution in [-0.4, -0.2) is 23.5 Å². The van der Waals surface area contributed by atoms with Crippen LogP contribution in [0.4, 0.5) is 0 Å². The fraction of sp³-hybridized carbons (Fsp3) is 1.00. The summed E-state index contributed by atoms with van der Waals surface area (Å²) in [5.41, 5.74) is 0. The minimum Gasteiger partial charge on any atom is -0.298 e. The predicted molar refractivity (Wildman–Crippen MR) is 54.2 cm³/mol. The third-order valence-electron chi connectivity index (χ3n) is 3.38. The van der Waals surface area contributed by atoms with E-state index in [1.807, 2.05) is 0 Å². The molecule has 0 radical (unpaired) electrons. The Kier molecular flexibility index (Phi) is 3.16. The van der Waals surface area contributed by atoms with Gasteiger partial charge in [-0.25, -0.2) is 0 Å². The van der Waals surface area contributed by atoms with E-state index in [4.69, 9.17) is 0 Å². The van der Waals surface area contributed by atoms with Crippen LogP contribution in [0.3, 0.4) is 0 Å². The van der Waals surface area contributed by atoms with Crippen molar-refractivity contribution in [3.05, 3.63) is 0 Å². The van der Waals surface area contributed by atoms with E-state index < -0.39 is 0 Å². The highest BCUT2D eigenvalue weighted by Crippen LogP contribution is 2.31. The van der Waals surface area contributed by atoms with Crippen molar-refractivity contribution in [2.75, 3.05) is 6.54 Å². The van der Waals surface area contributed by atoms with Gasteiger partial charge in [0.05, 0.1) is 0 Å². The van der Waals surface area contributed by atoms with E-state index in [1.54, 1.807) is 0 Å². The second kappa shape index (κ2) is 3.78. The molecule has 0 saturated carbocycles. The maximum Gasteiger partial charge on any atom is 0.0101 e. The number of likely N-dealkylation sites (tertiary alicyclic amines) is 1. The topological polar surface area (TPSA) is 3.24 Å². The zero-order valence-electron chi connectivity index (χ0n) is 9.17. The van der Waals surface area contributed by atoms with Crippen LogP contribution in [0.1, 0.15) is 41.0 Å². The average Bonchev–Trinajstić information content (AvgIpc) is 2.30. The van der Waals surface area contributed by atoms with Crippen molar-refractivity contribution in [1.29, 1.82) is 0 Å². The van der Waals surface area contributed by atoms with Crippen molar-refractivity contribution in [2.45, 2.75) is 53.1 Å². The van der Waals surface area contributed by atoms with Gasteiger partial charge >= 0.3 is 0 Å². The van der Waals surface area contributed by atoms with Gasteiger partial charge in [0.25, 0.3) is 0 Å². The molecule has 1 nitrogen and oxygen atoms in total. The van der Waals surface area contributed by atoms with E-state index in [1.165, 1.54) is 13.0 Å². The zero-order chi connectivity index (χ0) is 9.30. The van der Waals surface area contributed by atoms with Crippen molar-refractivity contribution >= 4 is 0 Å². The Balaban J connectivity index is 2.55. The lowest BCUT2D eigenvalue weighted by Crippen LogP contribution is -2.36. The third kappa shape index (κ3) is 1.82. The maximum absolute atomic E-state index is 2.63. The summed E-state index contributed by atoms with van der Waals surface area (Å²) >= 11 is 0. The van der Waals surface area contributed by atoms with Crippen LogP contribution in [0.2, 0.25) is 0 Å².